The average molecular weight is 500 g/mol. The molecular formula is C30H29NO6. The van der Waals surface area contributed by atoms with Gasteiger partial charge in [-0.25, -0.2) is 4.90 Å². The Morgan fingerprint density at radius 1 is 0.946 bits per heavy atom. The molecule has 0 atom stereocenters. The quantitative estimate of drug-likeness (QED) is 0.251. The summed E-state index contributed by atoms with van der Waals surface area (Å²) >= 11 is 0. The molecule has 2 amide bonds. The van der Waals surface area contributed by atoms with Crippen molar-refractivity contribution in [2.75, 3.05) is 18.6 Å². The number of carboxylic acid groups (broad SMARTS) is 1. The summed E-state index contributed by atoms with van der Waals surface area (Å²) < 4.78 is 11.1. The number of benzene rings is 3. The van der Waals surface area contributed by atoms with Crippen molar-refractivity contribution in [3.05, 3.63) is 95.1 Å². The molecule has 1 aliphatic rings. The normalized spacial score (nSPS) is 12.7. The molecule has 0 aromatic heterocycles. The van der Waals surface area contributed by atoms with E-state index in [9.17, 15) is 19.5 Å². The van der Waals surface area contributed by atoms with Crippen molar-refractivity contribution < 1.29 is 29.0 Å². The second-order valence-corrected chi connectivity index (χ2v) is 8.70. The number of amides is 2. The van der Waals surface area contributed by atoms with Gasteiger partial charge in [-0.15, -0.1) is 0 Å². The summed E-state index contributed by atoms with van der Waals surface area (Å²) in [5.74, 6) is -0.313. The number of rotatable bonds is 12. The number of hydrogen-bond acceptors (Lipinski definition) is 5. The highest BCUT2D eigenvalue weighted by Crippen LogP contribution is 2.32. The number of aliphatic carboxylic acids is 1. The van der Waals surface area contributed by atoms with Gasteiger partial charge < -0.3 is 14.6 Å². The van der Waals surface area contributed by atoms with E-state index in [4.69, 9.17) is 9.47 Å². The molecule has 0 spiro atoms. The summed E-state index contributed by atoms with van der Waals surface area (Å²) in [7, 11) is 1.64. The molecule has 7 heteroatoms. The van der Waals surface area contributed by atoms with Gasteiger partial charge in [0.25, 0.3) is 11.8 Å². The summed E-state index contributed by atoms with van der Waals surface area (Å²) in [6, 6.07) is 19.6. The molecule has 0 saturated carbocycles. The van der Waals surface area contributed by atoms with E-state index in [1.807, 2.05) is 24.3 Å². The first-order valence-electron chi connectivity index (χ1n) is 12.2. The van der Waals surface area contributed by atoms with Gasteiger partial charge in [-0.2, -0.15) is 0 Å². The minimum atomic E-state index is -0.930. The van der Waals surface area contributed by atoms with Crippen molar-refractivity contribution in [2.45, 2.75) is 32.1 Å². The second-order valence-electron chi connectivity index (χ2n) is 8.70. The number of carbonyl (C=O) groups excluding carboxylic acids is 2. The minimum Gasteiger partial charge on any atom is -0.497 e. The molecular weight excluding hydrogens is 470 g/mol. The number of carboxylic acids is 1. The third kappa shape index (κ3) is 6.25. The van der Waals surface area contributed by atoms with Crippen LogP contribution in [0.1, 0.15) is 57.5 Å². The number of fused-ring (bicyclic) bond motifs is 1. The molecule has 4 rings (SSSR count). The van der Waals surface area contributed by atoms with Crippen LogP contribution in [0.3, 0.4) is 0 Å². The van der Waals surface area contributed by atoms with E-state index in [1.165, 1.54) is 0 Å². The number of aryl methyl sites for hydroxylation is 1. The van der Waals surface area contributed by atoms with Crippen LogP contribution in [0.5, 0.6) is 11.5 Å². The Bertz CT molecular complexity index is 1280. The number of unbranched alkanes of at least 4 members (excludes halogenated alkanes) is 2. The molecule has 7 nitrogen and oxygen atoms in total. The smallest absolute Gasteiger partial charge is 0.303 e. The first-order valence-corrected chi connectivity index (χ1v) is 12.2. The zero-order chi connectivity index (χ0) is 26.2. The molecule has 1 heterocycles. The Balaban J connectivity index is 1.36. The Morgan fingerprint density at radius 2 is 1.65 bits per heavy atom. The van der Waals surface area contributed by atoms with Crippen LogP contribution in [0.4, 0.5) is 5.69 Å². The van der Waals surface area contributed by atoms with Crippen LogP contribution in [0.25, 0.3) is 6.08 Å². The van der Waals surface area contributed by atoms with Gasteiger partial charge in [0.15, 0.2) is 0 Å². The Morgan fingerprint density at radius 3 is 2.30 bits per heavy atom. The number of anilines is 1. The van der Waals surface area contributed by atoms with Crippen molar-refractivity contribution in [1.82, 2.24) is 0 Å². The third-order valence-electron chi connectivity index (χ3n) is 6.15. The molecule has 0 radical (unpaired) electrons. The number of methoxy groups -OCH3 is 1. The largest absolute Gasteiger partial charge is 0.497 e. The molecule has 3 aromatic carbocycles. The van der Waals surface area contributed by atoms with Crippen LogP contribution < -0.4 is 14.4 Å². The molecule has 37 heavy (non-hydrogen) atoms. The SMILES string of the molecule is COc1ccc(/C=C/CCCCOc2ccc(N3C(=O)c4ccccc4C3=O)cc2CCC(=O)O)cc1. The molecule has 1 aliphatic heterocycles. The highest BCUT2D eigenvalue weighted by Gasteiger charge is 2.36. The van der Waals surface area contributed by atoms with Gasteiger partial charge >= 0.3 is 5.97 Å². The monoisotopic (exact) mass is 499 g/mol. The lowest BCUT2D eigenvalue weighted by Gasteiger charge is -2.18. The maximum absolute atomic E-state index is 12.9. The fraction of sp³-hybridized carbons (Fsp3) is 0.233. The first kappa shape index (κ1) is 25.7. The van der Waals surface area contributed by atoms with Crippen molar-refractivity contribution in [1.29, 1.82) is 0 Å². The fourth-order valence-electron chi connectivity index (χ4n) is 4.19. The van der Waals surface area contributed by atoms with E-state index in [0.29, 0.717) is 34.7 Å². The summed E-state index contributed by atoms with van der Waals surface area (Å²) in [6.45, 7) is 0.475. The molecule has 0 fully saturated rings. The molecule has 0 saturated heterocycles. The fourth-order valence-corrected chi connectivity index (χ4v) is 4.19. The van der Waals surface area contributed by atoms with Crippen molar-refractivity contribution in [3.63, 3.8) is 0 Å². The zero-order valence-corrected chi connectivity index (χ0v) is 20.7. The number of nitrogens with zero attached hydrogens (tertiary/aromatic N) is 1. The maximum atomic E-state index is 12.9. The van der Waals surface area contributed by atoms with Crippen molar-refractivity contribution in [2.24, 2.45) is 0 Å². The lowest BCUT2D eigenvalue weighted by Crippen LogP contribution is -2.29. The van der Waals surface area contributed by atoms with Gasteiger partial charge in [-0.05, 0) is 79.3 Å². The van der Waals surface area contributed by atoms with E-state index in [1.54, 1.807) is 49.6 Å². The van der Waals surface area contributed by atoms with Gasteiger partial charge in [0, 0.05) is 6.42 Å². The lowest BCUT2D eigenvalue weighted by molar-refractivity contribution is -0.136. The predicted octanol–water partition coefficient (Wildman–Crippen LogP) is 5.78. The van der Waals surface area contributed by atoms with E-state index in [0.717, 1.165) is 35.5 Å². The second kappa shape index (κ2) is 12.0. The van der Waals surface area contributed by atoms with Crippen LogP contribution >= 0.6 is 0 Å². The van der Waals surface area contributed by atoms with E-state index in [2.05, 4.69) is 12.2 Å². The minimum absolute atomic E-state index is 0.0852. The van der Waals surface area contributed by atoms with Crippen molar-refractivity contribution >= 4 is 29.5 Å². The molecule has 190 valence electrons. The number of ether oxygens (including phenoxy) is 2. The molecule has 1 N–H and O–H groups in total. The number of allylic oxidation sites excluding steroid dienone is 1. The molecule has 0 bridgehead atoms. The van der Waals surface area contributed by atoms with Gasteiger partial charge in [0.2, 0.25) is 0 Å². The Labute approximate surface area is 215 Å². The molecule has 0 unspecified atom stereocenters. The Hall–Kier alpha value is -4.39. The van der Waals surface area contributed by atoms with E-state index >= 15 is 0 Å². The number of carbonyl (C=O) groups is 3. The van der Waals surface area contributed by atoms with Gasteiger partial charge in [0.1, 0.15) is 11.5 Å². The standard InChI is InChI=1S/C30H29NO6/c1-36-24-15-11-21(12-16-24)8-4-2-3-7-19-37-27-17-14-23(20-22(27)13-18-28(32)33)31-29(34)25-9-5-6-10-26(25)30(31)35/h4-6,8-12,14-17,20H,2-3,7,13,18-19H2,1H3,(H,32,33)/b8-4+. The predicted molar refractivity (Wildman–Crippen MR) is 141 cm³/mol. The topological polar surface area (TPSA) is 93.1 Å². The van der Waals surface area contributed by atoms with Crippen LogP contribution in [0.2, 0.25) is 0 Å². The van der Waals surface area contributed by atoms with Crippen LogP contribution in [-0.4, -0.2) is 36.6 Å². The molecule has 3 aromatic rings. The average Bonchev–Trinajstić information content (AvgIpc) is 3.17. The van der Waals surface area contributed by atoms with Gasteiger partial charge in [-0.3, -0.25) is 14.4 Å². The summed E-state index contributed by atoms with van der Waals surface area (Å²) in [6.07, 6.45) is 7.00. The summed E-state index contributed by atoms with van der Waals surface area (Å²) in [5, 5.41) is 9.18. The summed E-state index contributed by atoms with van der Waals surface area (Å²) in [4.78, 5) is 38.0. The van der Waals surface area contributed by atoms with Crippen LogP contribution in [-0.2, 0) is 11.2 Å². The zero-order valence-electron chi connectivity index (χ0n) is 20.7. The maximum Gasteiger partial charge on any atom is 0.303 e. The lowest BCUT2D eigenvalue weighted by atomic mass is 10.1. The van der Waals surface area contributed by atoms with Gasteiger partial charge in [0.05, 0.1) is 30.5 Å². The number of imide groups is 1. The van der Waals surface area contributed by atoms with Crippen molar-refractivity contribution in [3.8, 4) is 11.5 Å². The molecule has 0 aliphatic carbocycles. The first-order chi connectivity index (χ1) is 18.0. The highest BCUT2D eigenvalue weighted by atomic mass is 16.5. The summed E-state index contributed by atoms with van der Waals surface area (Å²) in [5.41, 5.74) is 2.89. The van der Waals surface area contributed by atoms with E-state index < -0.39 is 5.97 Å². The third-order valence-corrected chi connectivity index (χ3v) is 6.15. The number of hydrogen-bond donors (Lipinski definition) is 1. The van der Waals surface area contributed by atoms with Crippen LogP contribution in [0.15, 0.2) is 72.8 Å². The van der Waals surface area contributed by atoms with Gasteiger partial charge in [-0.1, -0.05) is 36.4 Å². The Kier molecular flexibility index (Phi) is 8.36. The highest BCUT2D eigenvalue weighted by molar-refractivity contribution is 6.34. The van der Waals surface area contributed by atoms with Crippen LogP contribution in [0, 0.1) is 0 Å². The van der Waals surface area contributed by atoms with E-state index in [-0.39, 0.29) is 24.7 Å².